The average Bonchev–Trinajstić information content (AvgIpc) is 2.49. The van der Waals surface area contributed by atoms with Gasteiger partial charge in [-0.3, -0.25) is 4.68 Å². The lowest BCUT2D eigenvalue weighted by Crippen LogP contribution is -2.15. The monoisotopic (exact) mass is 181 g/mol. The smallest absolute Gasteiger partial charge is 0.124 e. The molecule has 2 N–H and O–H groups in total. The topological polar surface area (TPSA) is 53.1 Å². The zero-order valence-corrected chi connectivity index (χ0v) is 7.86. The number of nitrogen functional groups attached to an aromatic ring is 1. The van der Waals surface area contributed by atoms with Gasteiger partial charge in [0.15, 0.2) is 0 Å². The fourth-order valence-corrected chi connectivity index (χ4v) is 1.79. The molecule has 1 aliphatic rings. The number of rotatable bonds is 1. The Kier molecular flexibility index (Phi) is 2.22. The SMILES string of the molecule is Cn1ncc(C2CCOCC2)c1N. The third-order valence-electron chi connectivity index (χ3n) is 2.68. The van der Waals surface area contributed by atoms with Crippen LogP contribution in [0.1, 0.15) is 24.3 Å². The number of aromatic nitrogens is 2. The van der Waals surface area contributed by atoms with E-state index in [0.717, 1.165) is 31.9 Å². The van der Waals surface area contributed by atoms with Gasteiger partial charge in [0.1, 0.15) is 5.82 Å². The highest BCUT2D eigenvalue weighted by Crippen LogP contribution is 2.29. The normalized spacial score (nSPS) is 19.2. The van der Waals surface area contributed by atoms with Crippen LogP contribution in [0.4, 0.5) is 5.82 Å². The number of nitrogens with two attached hydrogens (primary N) is 1. The Morgan fingerprint density at radius 1 is 1.54 bits per heavy atom. The van der Waals surface area contributed by atoms with E-state index < -0.39 is 0 Å². The lowest BCUT2D eigenvalue weighted by molar-refractivity contribution is 0.0854. The fourth-order valence-electron chi connectivity index (χ4n) is 1.79. The van der Waals surface area contributed by atoms with Gasteiger partial charge in [0.05, 0.1) is 6.20 Å². The molecule has 0 amide bonds. The highest BCUT2D eigenvalue weighted by molar-refractivity contribution is 5.41. The van der Waals surface area contributed by atoms with Crippen LogP contribution in [0.25, 0.3) is 0 Å². The predicted molar refractivity (Wildman–Crippen MR) is 50.4 cm³/mol. The first-order chi connectivity index (χ1) is 6.29. The van der Waals surface area contributed by atoms with Crippen LogP contribution in [0.2, 0.25) is 0 Å². The summed E-state index contributed by atoms with van der Waals surface area (Å²) in [6.45, 7) is 1.69. The molecule has 2 rings (SSSR count). The molecule has 0 aliphatic carbocycles. The van der Waals surface area contributed by atoms with Crippen LogP contribution in [-0.4, -0.2) is 23.0 Å². The maximum Gasteiger partial charge on any atom is 0.124 e. The zero-order chi connectivity index (χ0) is 9.26. The molecule has 1 aromatic heterocycles. The van der Waals surface area contributed by atoms with Crippen LogP contribution < -0.4 is 5.73 Å². The molecule has 1 aromatic rings. The van der Waals surface area contributed by atoms with Gasteiger partial charge in [-0.25, -0.2) is 0 Å². The van der Waals surface area contributed by atoms with Crippen LogP contribution in [0.5, 0.6) is 0 Å². The lowest BCUT2D eigenvalue weighted by atomic mass is 9.93. The number of hydrogen-bond donors (Lipinski definition) is 1. The second-order valence-corrected chi connectivity index (χ2v) is 3.50. The van der Waals surface area contributed by atoms with Crippen LogP contribution >= 0.6 is 0 Å². The molecule has 0 unspecified atom stereocenters. The van der Waals surface area contributed by atoms with E-state index in [1.165, 1.54) is 5.56 Å². The van der Waals surface area contributed by atoms with Crippen molar-refractivity contribution in [3.8, 4) is 0 Å². The van der Waals surface area contributed by atoms with E-state index in [1.54, 1.807) is 4.68 Å². The van der Waals surface area contributed by atoms with Crippen LogP contribution in [-0.2, 0) is 11.8 Å². The summed E-state index contributed by atoms with van der Waals surface area (Å²) >= 11 is 0. The second-order valence-electron chi connectivity index (χ2n) is 3.50. The van der Waals surface area contributed by atoms with E-state index >= 15 is 0 Å². The van der Waals surface area contributed by atoms with Crippen molar-refractivity contribution in [1.29, 1.82) is 0 Å². The Balaban J connectivity index is 2.18. The molecule has 0 aromatic carbocycles. The molecule has 0 bridgehead atoms. The van der Waals surface area contributed by atoms with E-state index in [9.17, 15) is 0 Å². The van der Waals surface area contributed by atoms with Crippen molar-refractivity contribution in [2.24, 2.45) is 7.05 Å². The third-order valence-corrected chi connectivity index (χ3v) is 2.68. The lowest BCUT2D eigenvalue weighted by Gasteiger charge is -2.21. The minimum Gasteiger partial charge on any atom is -0.384 e. The molecule has 13 heavy (non-hydrogen) atoms. The Morgan fingerprint density at radius 3 is 2.77 bits per heavy atom. The van der Waals surface area contributed by atoms with E-state index in [2.05, 4.69) is 5.10 Å². The van der Waals surface area contributed by atoms with Gasteiger partial charge in [0.2, 0.25) is 0 Å². The molecule has 1 aliphatic heterocycles. The molecule has 4 heteroatoms. The van der Waals surface area contributed by atoms with E-state index in [4.69, 9.17) is 10.5 Å². The number of ether oxygens (including phenoxy) is 1. The van der Waals surface area contributed by atoms with Crippen LogP contribution in [0, 0.1) is 0 Å². The Bertz CT molecular complexity index is 289. The van der Waals surface area contributed by atoms with Gasteiger partial charge in [-0.15, -0.1) is 0 Å². The number of nitrogens with zero attached hydrogens (tertiary/aromatic N) is 2. The van der Waals surface area contributed by atoms with E-state index in [1.807, 2.05) is 13.2 Å². The highest BCUT2D eigenvalue weighted by atomic mass is 16.5. The quantitative estimate of drug-likeness (QED) is 0.700. The molecule has 4 nitrogen and oxygen atoms in total. The summed E-state index contributed by atoms with van der Waals surface area (Å²) < 4.78 is 7.03. The van der Waals surface area contributed by atoms with Gasteiger partial charge in [-0.2, -0.15) is 5.10 Å². The van der Waals surface area contributed by atoms with Gasteiger partial charge in [-0.05, 0) is 18.8 Å². The van der Waals surface area contributed by atoms with Crippen molar-refractivity contribution in [2.75, 3.05) is 18.9 Å². The summed E-state index contributed by atoms with van der Waals surface area (Å²) in [7, 11) is 1.87. The van der Waals surface area contributed by atoms with Gasteiger partial charge in [0, 0.05) is 25.8 Å². The molecular weight excluding hydrogens is 166 g/mol. The number of hydrogen-bond acceptors (Lipinski definition) is 3. The molecular formula is C9H15N3O. The Labute approximate surface area is 77.7 Å². The van der Waals surface area contributed by atoms with Crippen molar-refractivity contribution in [1.82, 2.24) is 9.78 Å². The van der Waals surface area contributed by atoms with Gasteiger partial charge in [-0.1, -0.05) is 0 Å². The minimum absolute atomic E-state index is 0.544. The van der Waals surface area contributed by atoms with Crippen molar-refractivity contribution in [3.63, 3.8) is 0 Å². The van der Waals surface area contributed by atoms with Crippen molar-refractivity contribution in [3.05, 3.63) is 11.8 Å². The first-order valence-electron chi connectivity index (χ1n) is 4.64. The minimum atomic E-state index is 0.544. The summed E-state index contributed by atoms with van der Waals surface area (Å²) in [5.41, 5.74) is 7.08. The first-order valence-corrected chi connectivity index (χ1v) is 4.64. The molecule has 0 saturated carbocycles. The van der Waals surface area contributed by atoms with Crippen molar-refractivity contribution < 1.29 is 4.74 Å². The van der Waals surface area contributed by atoms with E-state index in [-0.39, 0.29) is 0 Å². The van der Waals surface area contributed by atoms with Crippen molar-refractivity contribution >= 4 is 5.82 Å². The van der Waals surface area contributed by atoms with Crippen LogP contribution in [0.15, 0.2) is 6.20 Å². The Hall–Kier alpha value is -1.03. The molecule has 1 saturated heterocycles. The van der Waals surface area contributed by atoms with Crippen molar-refractivity contribution in [2.45, 2.75) is 18.8 Å². The summed E-state index contributed by atoms with van der Waals surface area (Å²) in [5, 5.41) is 4.14. The molecule has 0 spiro atoms. The number of anilines is 1. The van der Waals surface area contributed by atoms with E-state index in [0.29, 0.717) is 5.92 Å². The number of aryl methyl sites for hydroxylation is 1. The summed E-state index contributed by atoms with van der Waals surface area (Å²) in [6, 6.07) is 0. The van der Waals surface area contributed by atoms with Gasteiger partial charge in [0.25, 0.3) is 0 Å². The maximum absolute atomic E-state index is 5.89. The fraction of sp³-hybridized carbons (Fsp3) is 0.667. The second kappa shape index (κ2) is 3.38. The Morgan fingerprint density at radius 2 is 2.23 bits per heavy atom. The molecule has 72 valence electrons. The van der Waals surface area contributed by atoms with Crippen LogP contribution in [0.3, 0.4) is 0 Å². The third kappa shape index (κ3) is 1.54. The summed E-state index contributed by atoms with van der Waals surface area (Å²) in [6.07, 6.45) is 4.01. The zero-order valence-electron chi connectivity index (χ0n) is 7.86. The standard InChI is InChI=1S/C9H15N3O/c1-12-9(10)8(6-11-12)7-2-4-13-5-3-7/h6-7H,2-5,10H2,1H3. The highest BCUT2D eigenvalue weighted by Gasteiger charge is 2.19. The molecule has 1 fully saturated rings. The average molecular weight is 181 g/mol. The first kappa shape index (κ1) is 8.56. The largest absolute Gasteiger partial charge is 0.384 e. The summed E-state index contributed by atoms with van der Waals surface area (Å²) in [4.78, 5) is 0. The van der Waals surface area contributed by atoms with Gasteiger partial charge < -0.3 is 10.5 Å². The molecule has 0 radical (unpaired) electrons. The molecule has 0 atom stereocenters. The predicted octanol–water partition coefficient (Wildman–Crippen LogP) is 0.896. The maximum atomic E-state index is 5.89. The van der Waals surface area contributed by atoms with Gasteiger partial charge >= 0.3 is 0 Å². The summed E-state index contributed by atoms with van der Waals surface area (Å²) in [5.74, 6) is 1.34. The molecule has 2 heterocycles.